The molecule has 0 amide bonds. The van der Waals surface area contributed by atoms with E-state index >= 15 is 0 Å². The van der Waals surface area contributed by atoms with E-state index in [0.717, 1.165) is 0 Å². The fourth-order valence-electron chi connectivity index (χ4n) is 0.565. The number of rotatable bonds is 3. The van der Waals surface area contributed by atoms with Gasteiger partial charge in [0.05, 0.1) is 0 Å². The minimum atomic E-state index is -1.35. The highest BCUT2D eigenvalue weighted by Gasteiger charge is 2.15. The summed E-state index contributed by atoms with van der Waals surface area (Å²) in [5.74, 6) is 0. The summed E-state index contributed by atoms with van der Waals surface area (Å²) >= 11 is 1.56. The molecule has 0 unspecified atom stereocenters. The molecule has 1 rings (SSSR count). The van der Waals surface area contributed by atoms with Crippen LogP contribution >= 0.6 is 11.3 Å². The maximum Gasteiger partial charge on any atom is 0.221 e. The molecule has 4 heteroatoms. The number of thiazole rings is 1. The van der Waals surface area contributed by atoms with Crippen LogP contribution in [0.2, 0.25) is 19.6 Å². The van der Waals surface area contributed by atoms with Gasteiger partial charge in [-0.2, -0.15) is 0 Å². The molecule has 62 valence electrons. The molecule has 0 aliphatic rings. The second-order valence-electron chi connectivity index (χ2n) is 3.35. The Bertz CT molecular complexity index is 205. The molecule has 0 aliphatic heterocycles. The van der Waals surface area contributed by atoms with Crippen molar-refractivity contribution in [1.82, 2.24) is 0 Å². The Morgan fingerprint density at radius 1 is 1.55 bits per heavy atom. The maximum atomic E-state index is 5.65. The Hall–Kier alpha value is -0.193. The predicted molar refractivity (Wildman–Crippen MR) is 47.8 cm³/mol. The molecule has 11 heavy (non-hydrogen) atoms. The Kier molecular flexibility index (Phi) is 2.81. The summed E-state index contributed by atoms with van der Waals surface area (Å²) in [6, 6.07) is 0. The minimum absolute atomic E-state index is 0.652. The highest BCUT2D eigenvalue weighted by atomic mass is 32.1. The first-order valence-electron chi connectivity index (χ1n) is 3.56. The zero-order valence-corrected chi connectivity index (χ0v) is 8.94. The molecule has 0 fully saturated rings. The van der Waals surface area contributed by atoms with E-state index < -0.39 is 8.32 Å². The lowest BCUT2D eigenvalue weighted by Crippen LogP contribution is -2.38. The lowest BCUT2D eigenvalue weighted by Gasteiger charge is -2.14. The van der Waals surface area contributed by atoms with Gasteiger partial charge >= 0.3 is 0 Å². The summed E-state index contributed by atoms with van der Waals surface area (Å²) in [6.07, 6.45) is 1.98. The second-order valence-corrected chi connectivity index (χ2v) is 8.55. The van der Waals surface area contributed by atoms with Gasteiger partial charge in [0, 0.05) is 6.20 Å². The number of nitrogens with zero attached hydrogens (tertiary/aromatic N) is 1. The Balaban J connectivity index is 2.35. The van der Waals surface area contributed by atoms with Crippen LogP contribution in [0.25, 0.3) is 0 Å². The van der Waals surface area contributed by atoms with Crippen molar-refractivity contribution in [3.05, 3.63) is 17.1 Å². The summed E-state index contributed by atoms with van der Waals surface area (Å²) in [7, 11) is -1.35. The molecule has 0 radical (unpaired) electrons. The van der Waals surface area contributed by atoms with Crippen molar-refractivity contribution < 1.29 is 8.99 Å². The predicted octanol–water partition coefficient (Wildman–Crippen LogP) is 1.64. The van der Waals surface area contributed by atoms with Gasteiger partial charge in [-0.15, -0.1) is 0 Å². The van der Waals surface area contributed by atoms with Crippen LogP contribution in [0.4, 0.5) is 0 Å². The molecule has 0 saturated carbocycles. The zero-order valence-electron chi connectivity index (χ0n) is 7.13. The molecule has 0 N–H and O–H groups in total. The molecular weight excluding hydrogens is 174 g/mol. The van der Waals surface area contributed by atoms with Gasteiger partial charge in [-0.1, -0.05) is 5.38 Å². The van der Waals surface area contributed by atoms with Crippen LogP contribution in [-0.2, 0) is 11.2 Å². The third kappa shape index (κ3) is 3.64. The molecule has 0 spiro atoms. The first-order valence-corrected chi connectivity index (χ1v) is 7.85. The molecule has 0 saturated heterocycles. The maximum absolute atomic E-state index is 5.65. The molecule has 2 nitrogen and oxygen atoms in total. The van der Waals surface area contributed by atoms with Crippen molar-refractivity contribution in [1.29, 1.82) is 0 Å². The minimum Gasteiger partial charge on any atom is -0.367 e. The quantitative estimate of drug-likeness (QED) is 0.398. The highest BCUT2D eigenvalue weighted by molar-refractivity contribution is 7.06. The monoisotopic (exact) mass is 187 g/mol. The van der Waals surface area contributed by atoms with E-state index in [1.54, 1.807) is 11.3 Å². The van der Waals surface area contributed by atoms with Crippen LogP contribution in [0, 0.1) is 5.51 Å². The SMILES string of the molecule is C[Si](C)(C)OC[n+]1[c-]scc1. The summed E-state index contributed by atoms with van der Waals surface area (Å²) in [4.78, 5) is 0. The zero-order chi connectivity index (χ0) is 8.32. The molecule has 0 aromatic carbocycles. The van der Waals surface area contributed by atoms with Crippen LogP contribution in [0.3, 0.4) is 0 Å². The number of aromatic nitrogens is 1. The van der Waals surface area contributed by atoms with Crippen LogP contribution in [0.1, 0.15) is 0 Å². The first kappa shape index (κ1) is 8.90. The van der Waals surface area contributed by atoms with Crippen LogP contribution in [-0.4, -0.2) is 8.32 Å². The largest absolute Gasteiger partial charge is 0.367 e. The fourth-order valence-corrected chi connectivity index (χ4v) is 1.61. The lowest BCUT2D eigenvalue weighted by molar-refractivity contribution is -0.725. The second kappa shape index (κ2) is 3.47. The van der Waals surface area contributed by atoms with E-state index in [-0.39, 0.29) is 0 Å². The average molecular weight is 187 g/mol. The third-order valence-electron chi connectivity index (χ3n) is 1.12. The molecule has 1 heterocycles. The third-order valence-corrected chi connectivity index (χ3v) is 2.71. The van der Waals surface area contributed by atoms with Gasteiger partial charge in [-0.05, 0) is 19.6 Å². The van der Waals surface area contributed by atoms with E-state index in [1.165, 1.54) is 0 Å². The van der Waals surface area contributed by atoms with Gasteiger partial charge in [0.1, 0.15) is 0 Å². The summed E-state index contributed by atoms with van der Waals surface area (Å²) < 4.78 is 7.58. The fraction of sp³-hybridized carbons (Fsp3) is 0.571. The average Bonchev–Trinajstić information content (AvgIpc) is 2.32. The molecular formula is C7H13NOSSi. The van der Waals surface area contributed by atoms with Gasteiger partial charge < -0.3 is 4.43 Å². The Morgan fingerprint density at radius 2 is 2.27 bits per heavy atom. The van der Waals surface area contributed by atoms with Gasteiger partial charge in [-0.3, -0.25) is 4.57 Å². The molecule has 0 atom stereocenters. The van der Waals surface area contributed by atoms with Crippen molar-refractivity contribution in [2.24, 2.45) is 0 Å². The summed E-state index contributed by atoms with van der Waals surface area (Å²) in [5, 5.41) is 1.99. The van der Waals surface area contributed by atoms with Crippen LogP contribution in [0.15, 0.2) is 11.6 Å². The smallest absolute Gasteiger partial charge is 0.221 e. The van der Waals surface area contributed by atoms with E-state index in [4.69, 9.17) is 4.43 Å². The molecule has 1 aromatic heterocycles. The van der Waals surface area contributed by atoms with Crippen LogP contribution < -0.4 is 4.57 Å². The van der Waals surface area contributed by atoms with Crippen molar-refractivity contribution in [3.8, 4) is 0 Å². The molecule has 0 aliphatic carbocycles. The highest BCUT2D eigenvalue weighted by Crippen LogP contribution is 2.01. The Morgan fingerprint density at radius 3 is 2.73 bits per heavy atom. The van der Waals surface area contributed by atoms with E-state index in [0.29, 0.717) is 6.73 Å². The normalized spacial score (nSPS) is 11.9. The van der Waals surface area contributed by atoms with E-state index in [1.807, 2.05) is 16.1 Å². The van der Waals surface area contributed by atoms with Gasteiger partial charge in [0.15, 0.2) is 13.8 Å². The Labute approximate surface area is 72.6 Å². The van der Waals surface area contributed by atoms with Crippen molar-refractivity contribution >= 4 is 19.7 Å². The topological polar surface area (TPSA) is 13.1 Å². The van der Waals surface area contributed by atoms with Gasteiger partial charge in [-0.25, -0.2) is 11.3 Å². The van der Waals surface area contributed by atoms with Crippen molar-refractivity contribution in [3.63, 3.8) is 0 Å². The summed E-state index contributed by atoms with van der Waals surface area (Å²) in [6.45, 7) is 7.19. The van der Waals surface area contributed by atoms with Crippen molar-refractivity contribution in [2.45, 2.75) is 26.4 Å². The first-order chi connectivity index (χ1) is 5.08. The van der Waals surface area contributed by atoms with E-state index in [9.17, 15) is 0 Å². The lowest BCUT2D eigenvalue weighted by atomic mass is 10.9. The van der Waals surface area contributed by atoms with Crippen molar-refractivity contribution in [2.75, 3.05) is 0 Å². The van der Waals surface area contributed by atoms with Crippen LogP contribution in [0.5, 0.6) is 0 Å². The van der Waals surface area contributed by atoms with Gasteiger partial charge in [0.2, 0.25) is 6.73 Å². The molecule has 1 aromatic rings. The summed E-state index contributed by atoms with van der Waals surface area (Å²) in [5.41, 5.74) is 3.07. The number of hydrogen-bond donors (Lipinski definition) is 0. The van der Waals surface area contributed by atoms with Gasteiger partial charge in [0.25, 0.3) is 0 Å². The standard InChI is InChI=1S/C7H13NOSSi/c1-11(2,3)9-6-8-4-5-10-7-8/h4-5H,6H2,1-3H3. The molecule has 0 bridgehead atoms. The van der Waals surface area contributed by atoms with E-state index in [2.05, 4.69) is 25.2 Å². The number of hydrogen-bond acceptors (Lipinski definition) is 2.